The van der Waals surface area contributed by atoms with Crippen LogP contribution in [-0.2, 0) is 9.47 Å². The lowest BCUT2D eigenvalue weighted by Gasteiger charge is -2.22. The van der Waals surface area contributed by atoms with Crippen LogP contribution in [0.15, 0.2) is 24.3 Å². The van der Waals surface area contributed by atoms with E-state index in [2.05, 4.69) is 0 Å². The molecule has 3 heteroatoms. The first kappa shape index (κ1) is 11.2. The summed E-state index contributed by atoms with van der Waals surface area (Å²) >= 11 is 0. The Hall–Kier alpha value is -0.930. The van der Waals surface area contributed by atoms with E-state index in [-0.39, 0.29) is 18.0 Å². The number of hydrogen-bond donors (Lipinski definition) is 0. The Balaban J connectivity index is 1.87. The van der Waals surface area contributed by atoms with Gasteiger partial charge in [0.05, 0.1) is 6.10 Å². The van der Waals surface area contributed by atoms with Gasteiger partial charge in [-0.3, -0.25) is 0 Å². The Morgan fingerprint density at radius 1 is 1.18 bits per heavy atom. The molecule has 17 heavy (non-hydrogen) atoms. The third-order valence-corrected chi connectivity index (χ3v) is 3.75. The molecule has 2 atom stereocenters. The molecule has 3 rings (SSSR count). The van der Waals surface area contributed by atoms with Crippen LogP contribution in [0.4, 0.5) is 4.39 Å². The minimum Gasteiger partial charge on any atom is -0.344 e. The first-order chi connectivity index (χ1) is 8.20. The fraction of sp³-hybridized carbons (Fsp3) is 0.571. The Morgan fingerprint density at radius 3 is 2.59 bits per heavy atom. The third-order valence-electron chi connectivity index (χ3n) is 3.75. The van der Waals surface area contributed by atoms with Crippen LogP contribution in [0.2, 0.25) is 0 Å². The van der Waals surface area contributed by atoms with Gasteiger partial charge >= 0.3 is 0 Å². The Labute approximate surface area is 101 Å². The van der Waals surface area contributed by atoms with E-state index in [0.29, 0.717) is 5.56 Å². The summed E-state index contributed by atoms with van der Waals surface area (Å²) in [6.07, 6.45) is 3.79. The van der Waals surface area contributed by atoms with E-state index in [4.69, 9.17) is 9.47 Å². The zero-order valence-electron chi connectivity index (χ0n) is 9.99. The van der Waals surface area contributed by atoms with E-state index in [9.17, 15) is 4.39 Å². The Kier molecular flexibility index (Phi) is 2.68. The predicted molar refractivity (Wildman–Crippen MR) is 62.0 cm³/mol. The first-order valence-corrected chi connectivity index (χ1v) is 6.30. The van der Waals surface area contributed by atoms with E-state index in [0.717, 1.165) is 25.7 Å². The molecule has 0 radical (unpaired) electrons. The second kappa shape index (κ2) is 4.07. The Morgan fingerprint density at radius 2 is 1.88 bits per heavy atom. The minimum absolute atomic E-state index is 0.0787. The average Bonchev–Trinajstić information content (AvgIpc) is 2.88. The van der Waals surface area contributed by atoms with Gasteiger partial charge in [-0.2, -0.15) is 0 Å². The van der Waals surface area contributed by atoms with E-state index >= 15 is 0 Å². The quantitative estimate of drug-likeness (QED) is 0.742. The highest BCUT2D eigenvalue weighted by atomic mass is 19.1. The van der Waals surface area contributed by atoms with Gasteiger partial charge in [-0.15, -0.1) is 0 Å². The summed E-state index contributed by atoms with van der Waals surface area (Å²) in [6.45, 7) is 1.96. The third kappa shape index (κ3) is 1.87. The smallest absolute Gasteiger partial charge is 0.169 e. The maximum atomic E-state index is 13.8. The summed E-state index contributed by atoms with van der Waals surface area (Å²) in [7, 11) is 0. The maximum Gasteiger partial charge on any atom is 0.169 e. The predicted octanol–water partition coefficient (Wildman–Crippen LogP) is 3.57. The molecule has 0 bridgehead atoms. The molecule has 92 valence electrons. The molecule has 1 spiro atoms. The molecule has 1 aromatic rings. The Bertz CT molecular complexity index is 412. The van der Waals surface area contributed by atoms with Gasteiger partial charge in [-0.25, -0.2) is 4.39 Å². The molecule has 1 aliphatic carbocycles. The topological polar surface area (TPSA) is 18.5 Å². The van der Waals surface area contributed by atoms with Crippen molar-refractivity contribution in [3.05, 3.63) is 35.6 Å². The van der Waals surface area contributed by atoms with Gasteiger partial charge in [0.25, 0.3) is 0 Å². The molecule has 0 unspecified atom stereocenters. The second-order valence-corrected chi connectivity index (χ2v) is 5.00. The van der Waals surface area contributed by atoms with Crippen LogP contribution in [0, 0.1) is 5.82 Å². The molecule has 2 fully saturated rings. The van der Waals surface area contributed by atoms with Gasteiger partial charge in [-0.05, 0) is 25.8 Å². The normalized spacial score (nSPS) is 31.2. The average molecular weight is 236 g/mol. The van der Waals surface area contributed by atoms with Crippen molar-refractivity contribution in [2.75, 3.05) is 0 Å². The second-order valence-electron chi connectivity index (χ2n) is 5.00. The van der Waals surface area contributed by atoms with Crippen molar-refractivity contribution in [1.82, 2.24) is 0 Å². The van der Waals surface area contributed by atoms with E-state index in [1.54, 1.807) is 12.1 Å². The van der Waals surface area contributed by atoms with Crippen LogP contribution in [0.3, 0.4) is 0 Å². The maximum absolute atomic E-state index is 13.8. The summed E-state index contributed by atoms with van der Waals surface area (Å²) in [6, 6.07) is 6.80. The zero-order chi connectivity index (χ0) is 11.9. The summed E-state index contributed by atoms with van der Waals surface area (Å²) in [4.78, 5) is 0. The lowest BCUT2D eigenvalue weighted by molar-refractivity contribution is -0.168. The van der Waals surface area contributed by atoms with Crippen molar-refractivity contribution >= 4 is 0 Å². The highest BCUT2D eigenvalue weighted by Gasteiger charge is 2.48. The summed E-state index contributed by atoms with van der Waals surface area (Å²) < 4.78 is 25.7. The number of halogens is 1. The van der Waals surface area contributed by atoms with Gasteiger partial charge in [0, 0.05) is 18.4 Å². The molecule has 0 aromatic heterocycles. The monoisotopic (exact) mass is 236 g/mol. The van der Waals surface area contributed by atoms with Gasteiger partial charge in [0.15, 0.2) is 5.79 Å². The van der Waals surface area contributed by atoms with E-state index < -0.39 is 5.79 Å². The van der Waals surface area contributed by atoms with Crippen molar-refractivity contribution in [3.63, 3.8) is 0 Å². The number of benzene rings is 1. The van der Waals surface area contributed by atoms with Crippen molar-refractivity contribution in [3.8, 4) is 0 Å². The minimum atomic E-state index is -0.438. The standard InChI is InChI=1S/C14H17FO2/c1-10-13(11-6-2-3-7-12(11)15)17-14(16-10)8-4-5-9-14/h2-3,6-7,10,13H,4-5,8-9H2,1H3/t10-,13+/m0/s1. The van der Waals surface area contributed by atoms with Crippen LogP contribution >= 0.6 is 0 Å². The molecule has 1 saturated heterocycles. The highest BCUT2D eigenvalue weighted by Crippen LogP contribution is 2.47. The van der Waals surface area contributed by atoms with Crippen LogP contribution in [0.1, 0.15) is 44.3 Å². The van der Waals surface area contributed by atoms with Gasteiger partial charge in [0.1, 0.15) is 11.9 Å². The van der Waals surface area contributed by atoms with Crippen LogP contribution in [0.25, 0.3) is 0 Å². The lowest BCUT2D eigenvalue weighted by Crippen LogP contribution is -2.26. The number of rotatable bonds is 1. The molecule has 0 amide bonds. The largest absolute Gasteiger partial charge is 0.344 e. The van der Waals surface area contributed by atoms with Gasteiger partial charge in [-0.1, -0.05) is 18.2 Å². The van der Waals surface area contributed by atoms with Gasteiger partial charge in [0.2, 0.25) is 0 Å². The fourth-order valence-electron chi connectivity index (χ4n) is 2.93. The molecular weight excluding hydrogens is 219 g/mol. The molecule has 0 N–H and O–H groups in total. The molecule has 1 saturated carbocycles. The van der Waals surface area contributed by atoms with Crippen molar-refractivity contribution in [1.29, 1.82) is 0 Å². The number of ether oxygens (including phenoxy) is 2. The molecule has 2 nitrogen and oxygen atoms in total. The zero-order valence-corrected chi connectivity index (χ0v) is 9.99. The highest BCUT2D eigenvalue weighted by molar-refractivity contribution is 5.22. The molecule has 2 aliphatic rings. The summed E-state index contributed by atoms with van der Waals surface area (Å²) in [5.74, 6) is -0.644. The van der Waals surface area contributed by atoms with Gasteiger partial charge < -0.3 is 9.47 Å². The van der Waals surface area contributed by atoms with Crippen LogP contribution < -0.4 is 0 Å². The van der Waals surface area contributed by atoms with Crippen LogP contribution in [0.5, 0.6) is 0 Å². The SMILES string of the molecule is C[C@@H]1OC2(CCCC2)O[C@H]1c1ccccc1F. The van der Waals surface area contributed by atoms with Crippen molar-refractivity contribution in [2.45, 2.75) is 50.6 Å². The van der Waals surface area contributed by atoms with Crippen molar-refractivity contribution < 1.29 is 13.9 Å². The number of hydrogen-bond acceptors (Lipinski definition) is 2. The van der Waals surface area contributed by atoms with E-state index in [1.165, 1.54) is 6.07 Å². The molecular formula is C14H17FO2. The van der Waals surface area contributed by atoms with E-state index in [1.807, 2.05) is 13.0 Å². The van der Waals surface area contributed by atoms with Crippen LogP contribution in [-0.4, -0.2) is 11.9 Å². The first-order valence-electron chi connectivity index (χ1n) is 6.30. The molecule has 1 aromatic carbocycles. The van der Waals surface area contributed by atoms with Crippen molar-refractivity contribution in [2.24, 2.45) is 0 Å². The fourth-order valence-corrected chi connectivity index (χ4v) is 2.93. The summed E-state index contributed by atoms with van der Waals surface area (Å²) in [5, 5.41) is 0. The lowest BCUT2D eigenvalue weighted by atomic mass is 10.1. The molecule has 1 aliphatic heterocycles. The molecule has 1 heterocycles. The summed E-state index contributed by atoms with van der Waals surface area (Å²) in [5.41, 5.74) is 0.615.